The van der Waals surface area contributed by atoms with Gasteiger partial charge in [0.2, 0.25) is 11.8 Å². The molecular weight excluding hydrogens is 418 g/mol. The number of nitrogens with one attached hydrogen (secondary N) is 2. The number of nitrogens with zero attached hydrogens (tertiary/aromatic N) is 1. The fourth-order valence-electron chi connectivity index (χ4n) is 6.46. The molecule has 1 saturated heterocycles. The van der Waals surface area contributed by atoms with Gasteiger partial charge >= 0.3 is 0 Å². The van der Waals surface area contributed by atoms with Crippen molar-refractivity contribution >= 4 is 34.5 Å². The molecule has 2 heterocycles. The third-order valence-corrected chi connectivity index (χ3v) is 9.13. The summed E-state index contributed by atoms with van der Waals surface area (Å²) in [5, 5.41) is 4.82. The third kappa shape index (κ3) is 3.43. The average molecular weight is 450 g/mol. The van der Waals surface area contributed by atoms with E-state index < -0.39 is 0 Å². The molecule has 0 spiro atoms. The Kier molecular flexibility index (Phi) is 5.38. The molecule has 2 saturated carbocycles. The van der Waals surface area contributed by atoms with Gasteiger partial charge in [0, 0.05) is 40.8 Å². The monoisotopic (exact) mass is 449 g/mol. The number of aromatic amines is 1. The van der Waals surface area contributed by atoms with Gasteiger partial charge in [0.05, 0.1) is 11.8 Å². The van der Waals surface area contributed by atoms with Crippen LogP contribution in [0.5, 0.6) is 0 Å². The van der Waals surface area contributed by atoms with Crippen molar-refractivity contribution in [1.29, 1.82) is 0 Å². The highest BCUT2D eigenvalue weighted by Gasteiger charge is 2.66. The Bertz CT molecular complexity index is 1030. The fourth-order valence-corrected chi connectivity index (χ4v) is 7.40. The molecular formula is C26H31N3O2S. The van der Waals surface area contributed by atoms with E-state index in [1.807, 2.05) is 11.8 Å². The van der Waals surface area contributed by atoms with Gasteiger partial charge in [0.1, 0.15) is 0 Å². The Labute approximate surface area is 193 Å². The topological polar surface area (TPSA) is 65.2 Å². The van der Waals surface area contributed by atoms with Crippen molar-refractivity contribution in [3.63, 3.8) is 0 Å². The van der Waals surface area contributed by atoms with Crippen LogP contribution in [0.15, 0.2) is 47.5 Å². The highest BCUT2D eigenvalue weighted by molar-refractivity contribution is 7.99. The first kappa shape index (κ1) is 20.5. The van der Waals surface area contributed by atoms with Crippen LogP contribution < -0.4 is 5.32 Å². The first-order valence-corrected chi connectivity index (χ1v) is 13.2. The van der Waals surface area contributed by atoms with E-state index in [9.17, 15) is 9.59 Å². The summed E-state index contributed by atoms with van der Waals surface area (Å²) >= 11 is 1.88. The van der Waals surface area contributed by atoms with Crippen molar-refractivity contribution in [2.24, 2.45) is 35.5 Å². The van der Waals surface area contributed by atoms with Gasteiger partial charge in [0.15, 0.2) is 0 Å². The Morgan fingerprint density at radius 3 is 2.50 bits per heavy atom. The van der Waals surface area contributed by atoms with Crippen molar-refractivity contribution in [3.05, 3.63) is 42.6 Å². The molecule has 5 nitrogen and oxygen atoms in total. The molecule has 2 aromatic rings. The van der Waals surface area contributed by atoms with Crippen LogP contribution in [0, 0.1) is 35.5 Å². The molecule has 1 aromatic carbocycles. The second-order valence-electron chi connectivity index (χ2n) is 9.84. The zero-order valence-electron chi connectivity index (χ0n) is 18.3. The molecule has 4 aliphatic carbocycles. The summed E-state index contributed by atoms with van der Waals surface area (Å²) in [6, 6.07) is 8.41. The van der Waals surface area contributed by atoms with Crippen LogP contribution in [0.2, 0.25) is 0 Å². The van der Waals surface area contributed by atoms with Crippen LogP contribution in [-0.2, 0) is 9.59 Å². The lowest BCUT2D eigenvalue weighted by atomic mass is 9.63. The molecule has 0 radical (unpaired) electrons. The smallest absolute Gasteiger partial charge is 0.233 e. The molecule has 168 valence electrons. The lowest BCUT2D eigenvalue weighted by Crippen LogP contribution is -2.40. The van der Waals surface area contributed by atoms with Gasteiger partial charge in [-0.1, -0.05) is 36.8 Å². The summed E-state index contributed by atoms with van der Waals surface area (Å²) in [6.07, 6.45) is 10.9. The maximum Gasteiger partial charge on any atom is 0.233 e. The number of amides is 2. The molecule has 2 amide bonds. The summed E-state index contributed by atoms with van der Waals surface area (Å²) < 4.78 is 0. The largest absolute Gasteiger partial charge is 0.360 e. The van der Waals surface area contributed by atoms with Crippen LogP contribution in [0.1, 0.15) is 25.7 Å². The highest BCUT2D eigenvalue weighted by Crippen LogP contribution is 2.65. The first-order valence-electron chi connectivity index (χ1n) is 12.2. The van der Waals surface area contributed by atoms with E-state index >= 15 is 0 Å². The normalized spacial score (nSPS) is 32.1. The number of rotatable bonds is 10. The molecule has 2 N–H and O–H groups in total. The highest BCUT2D eigenvalue weighted by atomic mass is 32.2. The van der Waals surface area contributed by atoms with E-state index in [0.717, 1.165) is 38.1 Å². The lowest BCUT2D eigenvalue weighted by Gasteiger charge is -2.37. The van der Waals surface area contributed by atoms with Crippen LogP contribution >= 0.6 is 11.8 Å². The number of carbonyl (C=O) groups excluding carboxylic acids is 2. The van der Waals surface area contributed by atoms with Crippen molar-refractivity contribution in [1.82, 2.24) is 15.2 Å². The maximum atomic E-state index is 13.0. The number of imide groups is 1. The molecule has 3 fully saturated rings. The van der Waals surface area contributed by atoms with Gasteiger partial charge in [-0.15, -0.1) is 11.8 Å². The fraction of sp³-hybridized carbons (Fsp3) is 0.538. The van der Waals surface area contributed by atoms with Crippen LogP contribution in [0.3, 0.4) is 0 Å². The zero-order valence-corrected chi connectivity index (χ0v) is 19.2. The number of likely N-dealkylation sites (tertiary alicyclic amines) is 1. The predicted octanol–water partition coefficient (Wildman–Crippen LogP) is 4.07. The number of benzene rings is 1. The SMILES string of the molecule is O=C1C2C3C=CC(C4CC34)C2C(=O)N1CCCCCNCCSc1c[nH]c2ccccc12. The number of fused-ring (bicyclic) bond motifs is 1. The van der Waals surface area contributed by atoms with Crippen molar-refractivity contribution in [3.8, 4) is 0 Å². The zero-order chi connectivity index (χ0) is 21.7. The van der Waals surface area contributed by atoms with Gasteiger partial charge in [-0.2, -0.15) is 0 Å². The minimum absolute atomic E-state index is 0.0439. The van der Waals surface area contributed by atoms with Crippen molar-refractivity contribution in [2.75, 3.05) is 25.4 Å². The van der Waals surface area contributed by atoms with Crippen LogP contribution in [0.4, 0.5) is 0 Å². The van der Waals surface area contributed by atoms with Crippen LogP contribution in [0.25, 0.3) is 10.9 Å². The molecule has 2 bridgehead atoms. The Hall–Kier alpha value is -2.05. The third-order valence-electron chi connectivity index (χ3n) is 8.08. The van der Waals surface area contributed by atoms with Crippen molar-refractivity contribution in [2.45, 2.75) is 30.6 Å². The van der Waals surface area contributed by atoms with Gasteiger partial charge in [-0.3, -0.25) is 14.5 Å². The quantitative estimate of drug-likeness (QED) is 0.248. The average Bonchev–Trinajstić information content (AvgIpc) is 3.49. The van der Waals surface area contributed by atoms with E-state index in [1.54, 1.807) is 4.90 Å². The number of hydrogen-bond donors (Lipinski definition) is 2. The molecule has 1 aromatic heterocycles. The summed E-state index contributed by atoms with van der Waals surface area (Å²) in [7, 11) is 0. The minimum Gasteiger partial charge on any atom is -0.360 e. The Morgan fingerprint density at radius 2 is 1.72 bits per heavy atom. The van der Waals surface area contributed by atoms with Gasteiger partial charge in [-0.05, 0) is 55.5 Å². The molecule has 6 atom stereocenters. The molecule has 5 aliphatic rings. The molecule has 32 heavy (non-hydrogen) atoms. The first-order chi connectivity index (χ1) is 15.7. The van der Waals surface area contributed by atoms with Gasteiger partial charge < -0.3 is 10.3 Å². The van der Waals surface area contributed by atoms with E-state index in [0.29, 0.717) is 30.2 Å². The number of allylic oxidation sites excluding steroid dienone is 2. The molecule has 6 unspecified atom stereocenters. The Balaban J connectivity index is 0.884. The van der Waals surface area contributed by atoms with E-state index in [-0.39, 0.29) is 23.7 Å². The maximum absolute atomic E-state index is 13.0. The number of hydrogen-bond acceptors (Lipinski definition) is 4. The summed E-state index contributed by atoms with van der Waals surface area (Å²) in [5.41, 5.74) is 1.19. The number of unbranched alkanes of at least 4 members (excludes halogenated alkanes) is 2. The molecule has 1 aliphatic heterocycles. The van der Waals surface area contributed by atoms with Gasteiger partial charge in [0.25, 0.3) is 0 Å². The van der Waals surface area contributed by atoms with E-state index in [2.05, 4.69) is 52.9 Å². The van der Waals surface area contributed by atoms with Crippen molar-refractivity contribution < 1.29 is 9.59 Å². The predicted molar refractivity (Wildman–Crippen MR) is 127 cm³/mol. The molecule has 7 rings (SSSR count). The minimum atomic E-state index is -0.0439. The van der Waals surface area contributed by atoms with Gasteiger partial charge in [-0.25, -0.2) is 0 Å². The number of thioether (sulfide) groups is 1. The van der Waals surface area contributed by atoms with Crippen LogP contribution in [-0.4, -0.2) is 47.1 Å². The summed E-state index contributed by atoms with van der Waals surface area (Å²) in [4.78, 5) is 32.2. The number of H-pyrrole nitrogens is 1. The second-order valence-corrected chi connectivity index (χ2v) is 11.0. The summed E-state index contributed by atoms with van der Waals surface area (Å²) in [6.45, 7) is 2.57. The van der Waals surface area contributed by atoms with E-state index in [4.69, 9.17) is 0 Å². The number of carbonyl (C=O) groups is 2. The molecule has 6 heteroatoms. The number of para-hydroxylation sites is 1. The van der Waals surface area contributed by atoms with E-state index in [1.165, 1.54) is 22.2 Å². The second kappa shape index (κ2) is 8.38. The lowest BCUT2D eigenvalue weighted by molar-refractivity contribution is -0.140. The number of aromatic nitrogens is 1. The Morgan fingerprint density at radius 1 is 0.969 bits per heavy atom. The summed E-state index contributed by atoms with van der Waals surface area (Å²) in [5.74, 6) is 3.24. The standard InChI is InChI=1S/C26H31N3O2S/c30-25-23-16-8-9-17(20-14-19(16)20)24(23)26(31)29(25)12-5-1-4-10-27-11-13-32-22-15-28-21-7-3-2-6-18(21)22/h2-3,6-9,15-17,19-20,23-24,27-28H,1,4-5,10-14H2.